The van der Waals surface area contributed by atoms with E-state index in [1.54, 1.807) is 18.9 Å². The Kier molecular flexibility index (Phi) is 5.67. The Balaban J connectivity index is 1.72. The minimum Gasteiger partial charge on any atom is -0.497 e. The van der Waals surface area contributed by atoms with Gasteiger partial charge in [0, 0.05) is 17.0 Å². The third-order valence-electron chi connectivity index (χ3n) is 4.86. The highest BCUT2D eigenvalue weighted by molar-refractivity contribution is 7.98. The largest absolute Gasteiger partial charge is 0.497 e. The van der Waals surface area contributed by atoms with Crippen LogP contribution in [0.3, 0.4) is 0 Å². The second-order valence-corrected chi connectivity index (χ2v) is 7.87. The molecule has 0 aliphatic carbocycles. The minimum atomic E-state index is 0.822. The number of aryl methyl sites for hydroxylation is 2. The van der Waals surface area contributed by atoms with E-state index in [1.807, 2.05) is 42.5 Å². The van der Waals surface area contributed by atoms with Gasteiger partial charge in [-0.1, -0.05) is 53.7 Å². The fourth-order valence-corrected chi connectivity index (χ4v) is 4.21. The van der Waals surface area contributed by atoms with Crippen molar-refractivity contribution in [3.63, 3.8) is 0 Å². The summed E-state index contributed by atoms with van der Waals surface area (Å²) >= 11 is 1.71. The molecular weight excluding hydrogens is 378 g/mol. The van der Waals surface area contributed by atoms with Crippen molar-refractivity contribution in [3.8, 4) is 22.8 Å². The molecule has 0 bridgehead atoms. The molecule has 0 radical (unpaired) electrons. The van der Waals surface area contributed by atoms with Crippen molar-refractivity contribution >= 4 is 11.8 Å². The van der Waals surface area contributed by atoms with E-state index in [9.17, 15) is 0 Å². The number of nitrogens with zero attached hydrogens (tertiary/aromatic N) is 3. The van der Waals surface area contributed by atoms with E-state index in [-0.39, 0.29) is 0 Å². The van der Waals surface area contributed by atoms with Crippen LogP contribution in [0.15, 0.2) is 78.0 Å². The van der Waals surface area contributed by atoms with Crippen LogP contribution < -0.4 is 4.74 Å². The maximum atomic E-state index is 5.29. The second kappa shape index (κ2) is 8.53. The zero-order chi connectivity index (χ0) is 20.2. The first-order chi connectivity index (χ1) is 14.2. The SMILES string of the molecule is COc1ccc(-c2nnc(SCc3cc(C)ccc3C)n2-c2ccccc2)cc1. The molecule has 1 heterocycles. The van der Waals surface area contributed by atoms with Crippen molar-refractivity contribution in [3.05, 3.63) is 89.5 Å². The molecule has 146 valence electrons. The van der Waals surface area contributed by atoms with E-state index >= 15 is 0 Å². The van der Waals surface area contributed by atoms with Crippen molar-refractivity contribution in [2.24, 2.45) is 0 Å². The van der Waals surface area contributed by atoms with Gasteiger partial charge in [0.15, 0.2) is 11.0 Å². The molecule has 4 nitrogen and oxygen atoms in total. The maximum absolute atomic E-state index is 5.29. The van der Waals surface area contributed by atoms with Gasteiger partial charge in [-0.2, -0.15) is 0 Å². The molecule has 0 saturated carbocycles. The smallest absolute Gasteiger partial charge is 0.196 e. The maximum Gasteiger partial charge on any atom is 0.196 e. The monoisotopic (exact) mass is 401 g/mol. The Hall–Kier alpha value is -3.05. The van der Waals surface area contributed by atoms with E-state index in [0.717, 1.165) is 33.7 Å². The van der Waals surface area contributed by atoms with E-state index in [0.29, 0.717) is 0 Å². The van der Waals surface area contributed by atoms with Crippen LogP contribution in [-0.2, 0) is 5.75 Å². The number of aromatic nitrogens is 3. The van der Waals surface area contributed by atoms with Gasteiger partial charge in [0.05, 0.1) is 7.11 Å². The molecule has 29 heavy (non-hydrogen) atoms. The standard InChI is InChI=1S/C24H23N3OS/c1-17-9-10-18(2)20(15-17)16-29-24-26-25-23(19-11-13-22(28-3)14-12-19)27(24)21-7-5-4-6-8-21/h4-15H,16H2,1-3H3. The van der Waals surface area contributed by atoms with Crippen molar-refractivity contribution in [1.29, 1.82) is 0 Å². The van der Waals surface area contributed by atoms with Gasteiger partial charge in [-0.05, 0) is 61.4 Å². The molecule has 0 saturated heterocycles. The van der Waals surface area contributed by atoms with Gasteiger partial charge in [0.25, 0.3) is 0 Å². The third-order valence-corrected chi connectivity index (χ3v) is 5.84. The number of ether oxygens (including phenoxy) is 1. The number of benzene rings is 3. The molecule has 0 N–H and O–H groups in total. The highest BCUT2D eigenvalue weighted by atomic mass is 32.2. The van der Waals surface area contributed by atoms with E-state index in [4.69, 9.17) is 4.74 Å². The highest BCUT2D eigenvalue weighted by Gasteiger charge is 2.16. The summed E-state index contributed by atoms with van der Waals surface area (Å²) in [5, 5.41) is 9.92. The second-order valence-electron chi connectivity index (χ2n) is 6.92. The topological polar surface area (TPSA) is 39.9 Å². The predicted octanol–water partition coefficient (Wildman–Crippen LogP) is 5.85. The summed E-state index contributed by atoms with van der Waals surface area (Å²) in [6.45, 7) is 4.28. The van der Waals surface area contributed by atoms with Gasteiger partial charge >= 0.3 is 0 Å². The summed E-state index contributed by atoms with van der Waals surface area (Å²) in [6.07, 6.45) is 0. The van der Waals surface area contributed by atoms with Gasteiger partial charge in [-0.25, -0.2) is 0 Å². The Bertz CT molecular complexity index is 1100. The third kappa shape index (κ3) is 4.20. The summed E-state index contributed by atoms with van der Waals surface area (Å²) in [5.74, 6) is 2.49. The van der Waals surface area contributed by atoms with Crippen LogP contribution >= 0.6 is 11.8 Å². The van der Waals surface area contributed by atoms with Crippen molar-refractivity contribution < 1.29 is 4.74 Å². The predicted molar refractivity (Wildman–Crippen MR) is 119 cm³/mol. The number of thioether (sulfide) groups is 1. The molecule has 4 aromatic rings. The molecule has 0 aliphatic heterocycles. The molecule has 0 unspecified atom stereocenters. The van der Waals surface area contributed by atoms with Crippen LogP contribution in [0.4, 0.5) is 0 Å². The number of para-hydroxylation sites is 1. The molecule has 3 aromatic carbocycles. The quantitative estimate of drug-likeness (QED) is 0.380. The number of hydrogen-bond donors (Lipinski definition) is 0. The van der Waals surface area contributed by atoms with Crippen LogP contribution in [0.1, 0.15) is 16.7 Å². The van der Waals surface area contributed by atoms with Gasteiger partial charge in [-0.3, -0.25) is 4.57 Å². The molecule has 5 heteroatoms. The van der Waals surface area contributed by atoms with E-state index in [2.05, 4.69) is 58.9 Å². The summed E-state index contributed by atoms with van der Waals surface area (Å²) in [7, 11) is 1.67. The molecule has 4 rings (SSSR count). The summed E-state index contributed by atoms with van der Waals surface area (Å²) < 4.78 is 7.41. The normalized spacial score (nSPS) is 10.9. The van der Waals surface area contributed by atoms with Crippen LogP contribution in [0.25, 0.3) is 17.1 Å². The Labute approximate surface area is 175 Å². The zero-order valence-corrected chi connectivity index (χ0v) is 17.6. The lowest BCUT2D eigenvalue weighted by Crippen LogP contribution is -2.00. The number of hydrogen-bond acceptors (Lipinski definition) is 4. The summed E-state index contributed by atoms with van der Waals surface area (Å²) in [4.78, 5) is 0. The lowest BCUT2D eigenvalue weighted by Gasteiger charge is -2.11. The van der Waals surface area contributed by atoms with E-state index in [1.165, 1.54) is 16.7 Å². The van der Waals surface area contributed by atoms with Crippen LogP contribution in [0.5, 0.6) is 5.75 Å². The van der Waals surface area contributed by atoms with Crippen LogP contribution in [0, 0.1) is 13.8 Å². The summed E-state index contributed by atoms with van der Waals surface area (Å²) in [5.41, 5.74) is 5.94. The molecule has 0 fully saturated rings. The highest BCUT2D eigenvalue weighted by Crippen LogP contribution is 2.31. The average Bonchev–Trinajstić information content (AvgIpc) is 3.19. The molecule has 0 aliphatic rings. The lowest BCUT2D eigenvalue weighted by molar-refractivity contribution is 0.415. The fraction of sp³-hybridized carbons (Fsp3) is 0.167. The van der Waals surface area contributed by atoms with Gasteiger partial charge in [0.1, 0.15) is 5.75 Å². The zero-order valence-electron chi connectivity index (χ0n) is 16.8. The van der Waals surface area contributed by atoms with Crippen molar-refractivity contribution in [2.75, 3.05) is 7.11 Å². The van der Waals surface area contributed by atoms with Crippen molar-refractivity contribution in [2.45, 2.75) is 24.8 Å². The Morgan fingerprint density at radius 1 is 0.897 bits per heavy atom. The number of methoxy groups -OCH3 is 1. The summed E-state index contributed by atoms with van der Waals surface area (Å²) in [6, 6.07) is 24.7. The minimum absolute atomic E-state index is 0.822. The molecule has 1 aromatic heterocycles. The van der Waals surface area contributed by atoms with Crippen molar-refractivity contribution in [1.82, 2.24) is 14.8 Å². The molecular formula is C24H23N3OS. The van der Waals surface area contributed by atoms with E-state index < -0.39 is 0 Å². The van der Waals surface area contributed by atoms with Gasteiger partial charge in [-0.15, -0.1) is 10.2 Å². The fourth-order valence-electron chi connectivity index (χ4n) is 3.20. The lowest BCUT2D eigenvalue weighted by atomic mass is 10.1. The number of rotatable bonds is 6. The van der Waals surface area contributed by atoms with Crippen LogP contribution in [-0.4, -0.2) is 21.9 Å². The first-order valence-corrected chi connectivity index (χ1v) is 10.5. The van der Waals surface area contributed by atoms with Gasteiger partial charge in [0.2, 0.25) is 0 Å². The Morgan fingerprint density at radius 3 is 2.38 bits per heavy atom. The molecule has 0 atom stereocenters. The molecule has 0 spiro atoms. The first kappa shape index (κ1) is 19.3. The first-order valence-electron chi connectivity index (χ1n) is 9.50. The average molecular weight is 402 g/mol. The van der Waals surface area contributed by atoms with Gasteiger partial charge < -0.3 is 4.74 Å². The molecule has 0 amide bonds. The van der Waals surface area contributed by atoms with Crippen LogP contribution in [0.2, 0.25) is 0 Å². The Morgan fingerprint density at radius 2 is 1.66 bits per heavy atom.